The van der Waals surface area contributed by atoms with Gasteiger partial charge in [-0.1, -0.05) is 19.9 Å². The average Bonchev–Trinajstić information content (AvgIpc) is 2.28. The largest absolute Gasteiger partial charge is 0.480 e. The number of pyridine rings is 1. The van der Waals surface area contributed by atoms with Crippen molar-refractivity contribution in [1.29, 1.82) is 0 Å². The van der Waals surface area contributed by atoms with Gasteiger partial charge in [0.15, 0.2) is 0 Å². The lowest BCUT2D eigenvalue weighted by Gasteiger charge is -2.18. The fourth-order valence-corrected chi connectivity index (χ4v) is 1.52. The second kappa shape index (κ2) is 5.48. The van der Waals surface area contributed by atoms with Crippen molar-refractivity contribution in [3.63, 3.8) is 0 Å². The third-order valence-corrected chi connectivity index (χ3v) is 2.64. The maximum Gasteiger partial charge on any atom is 0.326 e. The van der Waals surface area contributed by atoms with Crippen LogP contribution in [0.25, 0.3) is 0 Å². The highest BCUT2D eigenvalue weighted by atomic mass is 16.4. The number of amides is 1. The van der Waals surface area contributed by atoms with E-state index in [9.17, 15) is 14.4 Å². The van der Waals surface area contributed by atoms with E-state index in [1.807, 2.05) is 0 Å². The van der Waals surface area contributed by atoms with Crippen LogP contribution in [0.15, 0.2) is 23.0 Å². The van der Waals surface area contributed by atoms with Gasteiger partial charge in [-0.2, -0.15) is 0 Å². The molecule has 1 atom stereocenters. The van der Waals surface area contributed by atoms with Crippen molar-refractivity contribution in [3.8, 4) is 0 Å². The van der Waals surface area contributed by atoms with Crippen LogP contribution in [0.5, 0.6) is 0 Å². The van der Waals surface area contributed by atoms with Gasteiger partial charge in [0, 0.05) is 13.1 Å². The molecule has 98 valence electrons. The van der Waals surface area contributed by atoms with Gasteiger partial charge < -0.3 is 15.0 Å². The summed E-state index contributed by atoms with van der Waals surface area (Å²) in [6.07, 6.45) is 0. The molecule has 0 bridgehead atoms. The van der Waals surface area contributed by atoms with Crippen LogP contribution in [0, 0.1) is 5.92 Å². The van der Waals surface area contributed by atoms with Crippen LogP contribution in [0.1, 0.15) is 24.3 Å². The standard InChI is InChI=1S/C12H16N2O4/c1-7(2)10(12(17)18)13-11(16)8-5-4-6-9(15)14(8)3/h4-7,10H,1-3H3,(H,13,16)(H,17,18). The van der Waals surface area contributed by atoms with Crippen LogP contribution < -0.4 is 10.9 Å². The predicted molar refractivity (Wildman–Crippen MR) is 65.4 cm³/mol. The molecule has 1 rings (SSSR count). The molecule has 6 heteroatoms. The molecule has 1 aromatic heterocycles. The monoisotopic (exact) mass is 252 g/mol. The van der Waals surface area contributed by atoms with E-state index < -0.39 is 17.9 Å². The number of hydrogen-bond acceptors (Lipinski definition) is 3. The lowest BCUT2D eigenvalue weighted by molar-refractivity contribution is -0.140. The highest BCUT2D eigenvalue weighted by molar-refractivity contribution is 5.95. The van der Waals surface area contributed by atoms with Gasteiger partial charge in [0.05, 0.1) is 0 Å². The predicted octanol–water partition coefficient (Wildman–Crippen LogP) is 0.224. The molecule has 0 saturated carbocycles. The van der Waals surface area contributed by atoms with Crippen molar-refractivity contribution in [2.24, 2.45) is 13.0 Å². The normalized spacial score (nSPS) is 12.2. The first-order valence-electron chi connectivity index (χ1n) is 5.54. The second-order valence-corrected chi connectivity index (χ2v) is 4.34. The summed E-state index contributed by atoms with van der Waals surface area (Å²) in [6, 6.07) is 3.28. The van der Waals surface area contributed by atoms with E-state index in [-0.39, 0.29) is 17.2 Å². The molecule has 1 unspecified atom stereocenters. The Labute approximate surface area is 104 Å². The Morgan fingerprint density at radius 1 is 1.33 bits per heavy atom. The van der Waals surface area contributed by atoms with E-state index in [1.165, 1.54) is 29.8 Å². The third kappa shape index (κ3) is 2.97. The topological polar surface area (TPSA) is 88.4 Å². The Morgan fingerprint density at radius 2 is 1.94 bits per heavy atom. The van der Waals surface area contributed by atoms with Crippen molar-refractivity contribution in [2.45, 2.75) is 19.9 Å². The summed E-state index contributed by atoms with van der Waals surface area (Å²) in [7, 11) is 1.46. The molecule has 0 aliphatic heterocycles. The first-order chi connectivity index (χ1) is 8.34. The van der Waals surface area contributed by atoms with Gasteiger partial charge in [-0.05, 0) is 12.0 Å². The molecule has 0 radical (unpaired) electrons. The molecule has 0 saturated heterocycles. The average molecular weight is 252 g/mol. The smallest absolute Gasteiger partial charge is 0.326 e. The number of nitrogens with one attached hydrogen (secondary N) is 1. The van der Waals surface area contributed by atoms with E-state index in [1.54, 1.807) is 13.8 Å². The van der Waals surface area contributed by atoms with Crippen molar-refractivity contribution in [2.75, 3.05) is 0 Å². The number of aliphatic carboxylic acids is 1. The van der Waals surface area contributed by atoms with Gasteiger partial charge in [-0.15, -0.1) is 0 Å². The van der Waals surface area contributed by atoms with Crippen LogP contribution in [0.4, 0.5) is 0 Å². The van der Waals surface area contributed by atoms with E-state index in [0.29, 0.717) is 0 Å². The molecule has 0 fully saturated rings. The van der Waals surface area contributed by atoms with Crippen molar-refractivity contribution < 1.29 is 14.7 Å². The minimum absolute atomic E-state index is 0.134. The highest BCUT2D eigenvalue weighted by Crippen LogP contribution is 2.03. The van der Waals surface area contributed by atoms with Crippen molar-refractivity contribution >= 4 is 11.9 Å². The maximum atomic E-state index is 11.9. The molecular formula is C12H16N2O4. The van der Waals surface area contributed by atoms with Gasteiger partial charge in [0.1, 0.15) is 11.7 Å². The van der Waals surface area contributed by atoms with Crippen LogP contribution >= 0.6 is 0 Å². The molecule has 6 nitrogen and oxygen atoms in total. The summed E-state index contributed by atoms with van der Waals surface area (Å²) in [5.74, 6) is -1.91. The molecule has 0 spiro atoms. The number of nitrogens with zero attached hydrogens (tertiary/aromatic N) is 1. The molecule has 1 aromatic rings. The number of hydrogen-bond donors (Lipinski definition) is 2. The fraction of sp³-hybridized carbons (Fsp3) is 0.417. The summed E-state index contributed by atoms with van der Waals surface area (Å²) in [5, 5.41) is 11.4. The zero-order valence-electron chi connectivity index (χ0n) is 10.5. The number of carbonyl (C=O) groups is 2. The number of carbonyl (C=O) groups excluding carboxylic acids is 1. The van der Waals surface area contributed by atoms with Crippen molar-refractivity contribution in [1.82, 2.24) is 9.88 Å². The summed E-state index contributed by atoms with van der Waals surface area (Å²) >= 11 is 0. The summed E-state index contributed by atoms with van der Waals surface area (Å²) < 4.78 is 1.18. The summed E-state index contributed by atoms with van der Waals surface area (Å²) in [6.45, 7) is 3.40. The van der Waals surface area contributed by atoms with Crippen LogP contribution in [-0.2, 0) is 11.8 Å². The Balaban J connectivity index is 2.98. The van der Waals surface area contributed by atoms with Crippen LogP contribution in [0.2, 0.25) is 0 Å². The number of carboxylic acid groups (broad SMARTS) is 1. The third-order valence-electron chi connectivity index (χ3n) is 2.64. The Bertz CT molecular complexity index is 519. The second-order valence-electron chi connectivity index (χ2n) is 4.34. The number of carboxylic acids is 1. The van der Waals surface area contributed by atoms with Gasteiger partial charge in [-0.25, -0.2) is 4.79 Å². The number of rotatable bonds is 4. The van der Waals surface area contributed by atoms with Crippen LogP contribution in [0.3, 0.4) is 0 Å². The Morgan fingerprint density at radius 3 is 2.44 bits per heavy atom. The molecule has 2 N–H and O–H groups in total. The minimum Gasteiger partial charge on any atom is -0.480 e. The van der Waals surface area contributed by atoms with E-state index in [2.05, 4.69) is 5.32 Å². The quantitative estimate of drug-likeness (QED) is 0.802. The van der Waals surface area contributed by atoms with Gasteiger partial charge in [0.2, 0.25) is 0 Å². The molecule has 0 aliphatic rings. The van der Waals surface area contributed by atoms with Gasteiger partial charge in [-0.3, -0.25) is 9.59 Å². The lowest BCUT2D eigenvalue weighted by atomic mass is 10.0. The number of aromatic nitrogens is 1. The summed E-state index contributed by atoms with van der Waals surface area (Å²) in [4.78, 5) is 34.2. The van der Waals surface area contributed by atoms with Crippen molar-refractivity contribution in [3.05, 3.63) is 34.2 Å². The lowest BCUT2D eigenvalue weighted by Crippen LogP contribution is -2.45. The molecule has 0 aromatic carbocycles. The Kier molecular flexibility index (Phi) is 4.25. The maximum absolute atomic E-state index is 11.9. The molecular weight excluding hydrogens is 236 g/mol. The summed E-state index contributed by atoms with van der Waals surface area (Å²) in [5.41, 5.74) is -0.187. The van der Waals surface area contributed by atoms with Gasteiger partial charge in [0.25, 0.3) is 11.5 Å². The van der Waals surface area contributed by atoms with E-state index in [0.717, 1.165) is 0 Å². The zero-order valence-corrected chi connectivity index (χ0v) is 10.5. The molecule has 18 heavy (non-hydrogen) atoms. The SMILES string of the molecule is CC(C)C(NC(=O)c1cccc(=O)n1C)C(=O)O. The van der Waals surface area contributed by atoms with E-state index >= 15 is 0 Å². The minimum atomic E-state index is -1.10. The van der Waals surface area contributed by atoms with E-state index in [4.69, 9.17) is 5.11 Å². The first-order valence-corrected chi connectivity index (χ1v) is 5.54. The van der Waals surface area contributed by atoms with Crippen LogP contribution in [-0.4, -0.2) is 27.6 Å². The fourth-order valence-electron chi connectivity index (χ4n) is 1.52. The Hall–Kier alpha value is -2.11. The zero-order chi connectivity index (χ0) is 13.9. The first kappa shape index (κ1) is 14.0. The van der Waals surface area contributed by atoms with Gasteiger partial charge >= 0.3 is 5.97 Å². The molecule has 1 heterocycles. The highest BCUT2D eigenvalue weighted by Gasteiger charge is 2.24. The molecule has 0 aliphatic carbocycles. The molecule has 1 amide bonds.